The lowest BCUT2D eigenvalue weighted by Gasteiger charge is -2.15. The number of carbonyl (C=O) groups excluding carboxylic acids is 1. The minimum Gasteiger partial charge on any atom is -0.507 e. The quantitative estimate of drug-likeness (QED) is 0.845. The minimum atomic E-state index is -0.611. The fourth-order valence-corrected chi connectivity index (χ4v) is 2.11. The minimum absolute atomic E-state index is 0.0492. The number of aromatic hydroxyl groups is 1. The number of methoxy groups -OCH3 is 1. The topological polar surface area (TPSA) is 65.0 Å². The molecule has 0 bridgehead atoms. The van der Waals surface area contributed by atoms with Crippen LogP contribution in [0.15, 0.2) is 12.1 Å². The smallest absolute Gasteiger partial charge is 0.345 e. The lowest BCUT2D eigenvalue weighted by Crippen LogP contribution is -2.17. The van der Waals surface area contributed by atoms with E-state index in [4.69, 9.17) is 9.47 Å². The van der Waals surface area contributed by atoms with Crippen molar-refractivity contribution < 1.29 is 24.1 Å². The van der Waals surface area contributed by atoms with E-state index in [-0.39, 0.29) is 17.4 Å². The highest BCUT2D eigenvalue weighted by atomic mass is 16.5. The molecule has 1 aromatic carbocycles. The van der Waals surface area contributed by atoms with Gasteiger partial charge in [0.1, 0.15) is 23.7 Å². The Hall–Kier alpha value is -1.75. The van der Waals surface area contributed by atoms with Crippen LogP contribution in [-0.2, 0) is 9.47 Å². The van der Waals surface area contributed by atoms with Gasteiger partial charge in [-0.1, -0.05) is 0 Å². The molecule has 1 saturated heterocycles. The summed E-state index contributed by atoms with van der Waals surface area (Å²) < 4.78 is 15.7. The van der Waals surface area contributed by atoms with E-state index in [0.29, 0.717) is 12.4 Å². The van der Waals surface area contributed by atoms with Gasteiger partial charge in [-0.05, 0) is 37.5 Å². The number of hydrogen-bond acceptors (Lipinski definition) is 5. The molecule has 0 saturated carbocycles. The van der Waals surface area contributed by atoms with E-state index in [1.54, 1.807) is 6.07 Å². The molecule has 0 aliphatic carbocycles. The molecule has 1 N–H and O–H groups in total. The molecule has 1 aliphatic rings. The van der Waals surface area contributed by atoms with Crippen LogP contribution < -0.4 is 4.74 Å². The van der Waals surface area contributed by atoms with Crippen molar-refractivity contribution in [2.45, 2.75) is 25.9 Å². The third-order valence-electron chi connectivity index (χ3n) is 3.06. The first kappa shape index (κ1) is 13.7. The summed E-state index contributed by atoms with van der Waals surface area (Å²) in [6, 6.07) is 3.21. The van der Waals surface area contributed by atoms with Gasteiger partial charge in [0.15, 0.2) is 0 Å². The van der Waals surface area contributed by atoms with Crippen molar-refractivity contribution in [3.8, 4) is 11.5 Å². The van der Waals surface area contributed by atoms with E-state index >= 15 is 0 Å². The molecular weight excluding hydrogens is 248 g/mol. The summed E-state index contributed by atoms with van der Waals surface area (Å²) in [4.78, 5) is 11.7. The van der Waals surface area contributed by atoms with Crippen LogP contribution in [0.1, 0.15) is 28.8 Å². The molecular formula is C14H18O5. The molecule has 0 amide bonds. The van der Waals surface area contributed by atoms with Crippen LogP contribution in [0, 0.1) is 6.92 Å². The maximum atomic E-state index is 11.7. The Morgan fingerprint density at radius 1 is 1.53 bits per heavy atom. The van der Waals surface area contributed by atoms with Crippen LogP contribution in [0.25, 0.3) is 0 Å². The number of carbonyl (C=O) groups is 1. The van der Waals surface area contributed by atoms with Crippen LogP contribution >= 0.6 is 0 Å². The van der Waals surface area contributed by atoms with E-state index in [1.165, 1.54) is 13.2 Å². The van der Waals surface area contributed by atoms with Gasteiger partial charge < -0.3 is 19.3 Å². The predicted octanol–water partition coefficient (Wildman–Crippen LogP) is 2.05. The summed E-state index contributed by atoms with van der Waals surface area (Å²) in [5.74, 6) is -0.408. The maximum absolute atomic E-state index is 11.7. The van der Waals surface area contributed by atoms with Gasteiger partial charge >= 0.3 is 5.97 Å². The Morgan fingerprint density at radius 2 is 2.32 bits per heavy atom. The number of aryl methyl sites for hydroxylation is 1. The molecule has 0 radical (unpaired) electrons. The van der Waals surface area contributed by atoms with Crippen LogP contribution in [0.2, 0.25) is 0 Å². The second kappa shape index (κ2) is 5.93. The van der Waals surface area contributed by atoms with Gasteiger partial charge in [0.05, 0.1) is 13.2 Å². The first-order valence-corrected chi connectivity index (χ1v) is 6.28. The fourth-order valence-electron chi connectivity index (χ4n) is 2.11. The molecule has 5 nitrogen and oxygen atoms in total. The number of phenolic OH excluding ortho intramolecular Hbond substituents is 1. The maximum Gasteiger partial charge on any atom is 0.345 e. The number of esters is 1. The van der Waals surface area contributed by atoms with Crippen molar-refractivity contribution >= 4 is 5.97 Å². The molecule has 1 aromatic rings. The summed E-state index contributed by atoms with van der Waals surface area (Å²) in [5, 5.41) is 9.85. The van der Waals surface area contributed by atoms with Crippen LogP contribution in [0.4, 0.5) is 0 Å². The Bertz CT molecular complexity index is 463. The number of benzene rings is 1. The Kier molecular flexibility index (Phi) is 4.27. The highest BCUT2D eigenvalue weighted by molar-refractivity contribution is 5.95. The molecule has 1 unspecified atom stereocenters. The second-order valence-corrected chi connectivity index (χ2v) is 4.59. The van der Waals surface area contributed by atoms with Gasteiger partial charge in [0.25, 0.3) is 0 Å². The van der Waals surface area contributed by atoms with Gasteiger partial charge in [0, 0.05) is 6.61 Å². The van der Waals surface area contributed by atoms with Gasteiger partial charge in [-0.15, -0.1) is 0 Å². The largest absolute Gasteiger partial charge is 0.507 e. The van der Waals surface area contributed by atoms with Crippen molar-refractivity contribution in [3.05, 3.63) is 23.3 Å². The summed E-state index contributed by atoms with van der Waals surface area (Å²) in [6.45, 7) is 2.93. The predicted molar refractivity (Wildman–Crippen MR) is 68.7 cm³/mol. The third-order valence-corrected chi connectivity index (χ3v) is 3.06. The van der Waals surface area contributed by atoms with Gasteiger partial charge in [0.2, 0.25) is 0 Å². The molecule has 19 heavy (non-hydrogen) atoms. The molecule has 1 heterocycles. The average molecular weight is 266 g/mol. The molecule has 0 spiro atoms. The molecule has 1 atom stereocenters. The summed E-state index contributed by atoms with van der Waals surface area (Å²) in [7, 11) is 1.27. The zero-order valence-electron chi connectivity index (χ0n) is 11.1. The second-order valence-electron chi connectivity index (χ2n) is 4.59. The van der Waals surface area contributed by atoms with Crippen molar-refractivity contribution in [3.63, 3.8) is 0 Å². The van der Waals surface area contributed by atoms with E-state index in [9.17, 15) is 9.90 Å². The lowest BCUT2D eigenvalue weighted by molar-refractivity contribution is 0.0564. The highest BCUT2D eigenvalue weighted by Gasteiger charge is 2.21. The van der Waals surface area contributed by atoms with Gasteiger partial charge in [-0.3, -0.25) is 0 Å². The van der Waals surface area contributed by atoms with Gasteiger partial charge in [-0.2, -0.15) is 0 Å². The van der Waals surface area contributed by atoms with E-state index < -0.39 is 5.97 Å². The van der Waals surface area contributed by atoms with E-state index in [1.807, 2.05) is 6.92 Å². The third kappa shape index (κ3) is 3.17. The molecule has 104 valence electrons. The average Bonchev–Trinajstić information content (AvgIpc) is 2.88. The Labute approximate surface area is 112 Å². The zero-order valence-corrected chi connectivity index (χ0v) is 11.1. The van der Waals surface area contributed by atoms with Gasteiger partial charge in [-0.25, -0.2) is 4.79 Å². The first-order chi connectivity index (χ1) is 9.11. The first-order valence-electron chi connectivity index (χ1n) is 6.28. The Morgan fingerprint density at radius 3 is 2.95 bits per heavy atom. The fraction of sp³-hybridized carbons (Fsp3) is 0.500. The van der Waals surface area contributed by atoms with Crippen molar-refractivity contribution in [1.29, 1.82) is 0 Å². The zero-order chi connectivity index (χ0) is 13.8. The number of rotatable bonds is 4. The number of phenols is 1. The monoisotopic (exact) mass is 266 g/mol. The SMILES string of the molecule is COC(=O)c1c(O)cc(C)cc1OCC1CCCO1. The normalized spacial score (nSPS) is 18.3. The number of ether oxygens (including phenoxy) is 3. The lowest BCUT2D eigenvalue weighted by atomic mass is 10.1. The molecule has 2 rings (SSSR count). The Balaban J connectivity index is 2.19. The van der Waals surface area contributed by atoms with Crippen LogP contribution in [0.3, 0.4) is 0 Å². The summed E-state index contributed by atoms with van der Waals surface area (Å²) >= 11 is 0. The van der Waals surface area contributed by atoms with Crippen LogP contribution in [0.5, 0.6) is 11.5 Å². The molecule has 1 aliphatic heterocycles. The van der Waals surface area contributed by atoms with E-state index in [2.05, 4.69) is 4.74 Å². The number of hydrogen-bond donors (Lipinski definition) is 1. The van der Waals surface area contributed by atoms with Crippen molar-refractivity contribution in [2.75, 3.05) is 20.3 Å². The summed E-state index contributed by atoms with van der Waals surface area (Å²) in [6.07, 6.45) is 2.02. The van der Waals surface area contributed by atoms with Crippen LogP contribution in [-0.4, -0.2) is 37.5 Å². The summed E-state index contributed by atoms with van der Waals surface area (Å²) in [5.41, 5.74) is 0.874. The standard InChI is InChI=1S/C14H18O5/c1-9-6-11(15)13(14(16)17-2)12(7-9)19-8-10-4-3-5-18-10/h6-7,10,15H,3-5,8H2,1-2H3. The van der Waals surface area contributed by atoms with Crippen molar-refractivity contribution in [2.24, 2.45) is 0 Å². The van der Waals surface area contributed by atoms with Crippen molar-refractivity contribution in [1.82, 2.24) is 0 Å². The van der Waals surface area contributed by atoms with E-state index in [0.717, 1.165) is 25.0 Å². The highest BCUT2D eigenvalue weighted by Crippen LogP contribution is 2.30. The molecule has 1 fully saturated rings. The molecule has 0 aromatic heterocycles. The molecule has 5 heteroatoms.